The van der Waals surface area contributed by atoms with Crippen LogP contribution in [0.3, 0.4) is 0 Å². The lowest BCUT2D eigenvalue weighted by molar-refractivity contribution is -0.186. The maximum absolute atomic E-state index is 12.8. The number of carbonyl (C=O) groups is 1. The number of nitrogens with one attached hydrogen (secondary N) is 1. The summed E-state index contributed by atoms with van der Waals surface area (Å²) in [6, 6.07) is 13.7. The van der Waals surface area contributed by atoms with Gasteiger partial charge in [0, 0.05) is 32.1 Å². The van der Waals surface area contributed by atoms with E-state index >= 15 is 0 Å². The van der Waals surface area contributed by atoms with Crippen LogP contribution in [0, 0.1) is 5.92 Å². The van der Waals surface area contributed by atoms with Crippen molar-refractivity contribution in [3.63, 3.8) is 0 Å². The molecule has 1 aliphatic rings. The number of halogens is 3. The second kappa shape index (κ2) is 6.81. The zero-order valence-corrected chi connectivity index (χ0v) is 13.1. The highest BCUT2D eigenvalue weighted by molar-refractivity contribution is 5.83. The number of benzene rings is 2. The first-order chi connectivity index (χ1) is 11.4. The summed E-state index contributed by atoms with van der Waals surface area (Å²) in [6.45, 7) is 1.56. The van der Waals surface area contributed by atoms with E-state index in [4.69, 9.17) is 0 Å². The average molecular weight is 336 g/mol. The van der Waals surface area contributed by atoms with Gasteiger partial charge in [0.15, 0.2) is 0 Å². The molecule has 1 fully saturated rings. The molecule has 0 aromatic heterocycles. The summed E-state index contributed by atoms with van der Waals surface area (Å²) in [4.78, 5) is 12.6. The van der Waals surface area contributed by atoms with E-state index in [9.17, 15) is 18.0 Å². The number of alkyl halides is 3. The van der Waals surface area contributed by atoms with Crippen LogP contribution < -0.4 is 5.32 Å². The molecule has 0 bridgehead atoms. The number of hydrogen-bond acceptors (Lipinski definition) is 2. The molecule has 0 saturated carbocycles. The van der Waals surface area contributed by atoms with E-state index in [-0.39, 0.29) is 19.0 Å². The first-order valence-corrected chi connectivity index (χ1v) is 7.98. The van der Waals surface area contributed by atoms with Crippen LogP contribution in [0.2, 0.25) is 0 Å². The summed E-state index contributed by atoms with van der Waals surface area (Å²) in [5, 5.41) is 5.15. The van der Waals surface area contributed by atoms with Crippen molar-refractivity contribution in [2.45, 2.75) is 12.6 Å². The molecule has 1 amide bonds. The van der Waals surface area contributed by atoms with E-state index in [1.165, 1.54) is 0 Å². The van der Waals surface area contributed by atoms with Gasteiger partial charge in [-0.05, 0) is 22.8 Å². The van der Waals surface area contributed by atoms with Crippen molar-refractivity contribution in [1.82, 2.24) is 10.2 Å². The van der Waals surface area contributed by atoms with E-state index < -0.39 is 12.1 Å². The third-order valence-corrected chi connectivity index (χ3v) is 4.36. The van der Waals surface area contributed by atoms with E-state index in [1.807, 2.05) is 42.5 Å². The molecule has 128 valence electrons. The van der Waals surface area contributed by atoms with Crippen LogP contribution in [-0.2, 0) is 11.2 Å². The minimum atomic E-state index is -4.82. The fourth-order valence-electron chi connectivity index (χ4n) is 2.90. The molecule has 1 heterocycles. The minimum absolute atomic E-state index is 0.0766. The molecule has 6 heteroatoms. The van der Waals surface area contributed by atoms with Gasteiger partial charge >= 0.3 is 12.1 Å². The molecule has 0 atom stereocenters. The number of nitrogens with zero attached hydrogens (tertiary/aromatic N) is 1. The molecular weight excluding hydrogens is 317 g/mol. The van der Waals surface area contributed by atoms with Gasteiger partial charge in [-0.3, -0.25) is 4.79 Å². The predicted octanol–water partition coefficient (Wildman–Crippen LogP) is 2.99. The lowest BCUT2D eigenvalue weighted by Crippen LogP contribution is -2.52. The second-order valence-electron chi connectivity index (χ2n) is 6.20. The molecule has 0 unspecified atom stereocenters. The monoisotopic (exact) mass is 336 g/mol. The maximum Gasteiger partial charge on any atom is 0.471 e. The Morgan fingerprint density at radius 2 is 1.83 bits per heavy atom. The Kier molecular flexibility index (Phi) is 4.76. The smallest absolute Gasteiger partial charge is 0.334 e. The topological polar surface area (TPSA) is 32.3 Å². The lowest BCUT2D eigenvalue weighted by Gasteiger charge is -2.33. The van der Waals surface area contributed by atoms with Gasteiger partial charge in [0.1, 0.15) is 0 Å². The maximum atomic E-state index is 12.8. The molecular formula is C18H19F3N2O. The zero-order chi connectivity index (χ0) is 17.2. The van der Waals surface area contributed by atoms with E-state index in [1.54, 1.807) is 0 Å². The molecule has 1 saturated heterocycles. The van der Waals surface area contributed by atoms with Gasteiger partial charge in [-0.15, -0.1) is 0 Å². The number of carbonyl (C=O) groups excluding carboxylic acids is 1. The highest BCUT2D eigenvalue weighted by Crippen LogP contribution is 2.21. The van der Waals surface area contributed by atoms with Crippen molar-refractivity contribution in [3.8, 4) is 0 Å². The third-order valence-electron chi connectivity index (χ3n) is 4.36. The van der Waals surface area contributed by atoms with Gasteiger partial charge in [-0.25, -0.2) is 0 Å². The van der Waals surface area contributed by atoms with Crippen LogP contribution in [0.5, 0.6) is 0 Å². The highest BCUT2D eigenvalue weighted by Gasteiger charge is 2.43. The Bertz CT molecular complexity index is 726. The van der Waals surface area contributed by atoms with E-state index in [2.05, 4.69) is 5.32 Å². The van der Waals surface area contributed by atoms with Gasteiger partial charge in [0.2, 0.25) is 0 Å². The molecule has 1 N–H and O–H groups in total. The Morgan fingerprint density at radius 1 is 1.12 bits per heavy atom. The molecule has 0 aliphatic carbocycles. The van der Waals surface area contributed by atoms with Gasteiger partial charge in [-0.1, -0.05) is 42.5 Å². The first kappa shape index (κ1) is 16.8. The van der Waals surface area contributed by atoms with Crippen molar-refractivity contribution in [2.24, 2.45) is 5.92 Å². The van der Waals surface area contributed by atoms with Crippen molar-refractivity contribution >= 4 is 16.7 Å². The summed E-state index contributed by atoms with van der Waals surface area (Å²) < 4.78 is 38.4. The van der Waals surface area contributed by atoms with Crippen LogP contribution in [0.4, 0.5) is 13.2 Å². The number of hydrogen-bond donors (Lipinski definition) is 1. The quantitative estimate of drug-likeness (QED) is 0.910. The first-order valence-electron chi connectivity index (χ1n) is 7.98. The van der Waals surface area contributed by atoms with Gasteiger partial charge in [0.05, 0.1) is 0 Å². The fourth-order valence-corrected chi connectivity index (χ4v) is 2.90. The van der Waals surface area contributed by atoms with E-state index in [0.717, 1.165) is 21.2 Å². The number of amides is 1. The summed E-state index contributed by atoms with van der Waals surface area (Å²) in [5.74, 6) is -1.64. The summed E-state index contributed by atoms with van der Waals surface area (Å²) in [5.41, 5.74) is 0.931. The SMILES string of the molecule is O=C(N(CCc1ccc2ccccc2c1)CC1CNC1)C(F)(F)F. The van der Waals surface area contributed by atoms with Crippen molar-refractivity contribution < 1.29 is 18.0 Å². The molecule has 0 radical (unpaired) electrons. The van der Waals surface area contributed by atoms with Gasteiger partial charge in [0.25, 0.3) is 0 Å². The standard InChI is InChI=1S/C18H19F3N2O/c19-18(20,21)17(24)23(12-14-10-22-11-14)8-7-13-5-6-15-3-1-2-4-16(15)9-13/h1-6,9,14,22H,7-8,10-12H2. The summed E-state index contributed by atoms with van der Waals surface area (Å²) in [7, 11) is 0. The number of rotatable bonds is 5. The molecule has 24 heavy (non-hydrogen) atoms. The Morgan fingerprint density at radius 3 is 2.46 bits per heavy atom. The van der Waals surface area contributed by atoms with E-state index in [0.29, 0.717) is 19.5 Å². The van der Waals surface area contributed by atoms with Gasteiger partial charge in [-0.2, -0.15) is 13.2 Å². The zero-order valence-electron chi connectivity index (χ0n) is 13.1. The molecule has 3 nitrogen and oxygen atoms in total. The number of fused-ring (bicyclic) bond motifs is 1. The molecule has 2 aromatic rings. The normalized spacial score (nSPS) is 15.3. The van der Waals surface area contributed by atoms with Gasteiger partial charge < -0.3 is 10.2 Å². The Balaban J connectivity index is 1.70. The average Bonchev–Trinajstić information content (AvgIpc) is 2.51. The predicted molar refractivity (Wildman–Crippen MR) is 86.6 cm³/mol. The Hall–Kier alpha value is -2.08. The van der Waals surface area contributed by atoms with Crippen LogP contribution in [-0.4, -0.2) is 43.2 Å². The summed E-state index contributed by atoms with van der Waals surface area (Å²) in [6.07, 6.45) is -4.41. The van der Waals surface area contributed by atoms with Crippen molar-refractivity contribution in [2.75, 3.05) is 26.2 Å². The van der Waals surface area contributed by atoms with Crippen LogP contribution >= 0.6 is 0 Å². The molecule has 3 rings (SSSR count). The molecule has 2 aromatic carbocycles. The molecule has 1 aliphatic heterocycles. The fraction of sp³-hybridized carbons (Fsp3) is 0.389. The minimum Gasteiger partial charge on any atom is -0.334 e. The van der Waals surface area contributed by atoms with Crippen LogP contribution in [0.1, 0.15) is 5.56 Å². The lowest BCUT2D eigenvalue weighted by atomic mass is 10.0. The Labute approximate surface area is 138 Å². The largest absolute Gasteiger partial charge is 0.471 e. The second-order valence-corrected chi connectivity index (χ2v) is 6.20. The summed E-state index contributed by atoms with van der Waals surface area (Å²) >= 11 is 0. The van der Waals surface area contributed by atoms with Crippen LogP contribution in [0.15, 0.2) is 42.5 Å². The highest BCUT2D eigenvalue weighted by atomic mass is 19.4. The molecule has 0 spiro atoms. The third kappa shape index (κ3) is 3.87. The van der Waals surface area contributed by atoms with Crippen molar-refractivity contribution in [1.29, 1.82) is 0 Å². The van der Waals surface area contributed by atoms with Crippen LogP contribution in [0.25, 0.3) is 10.8 Å². The van der Waals surface area contributed by atoms with Crippen molar-refractivity contribution in [3.05, 3.63) is 48.0 Å².